The van der Waals surface area contributed by atoms with Gasteiger partial charge >= 0.3 is 0 Å². The van der Waals surface area contributed by atoms with Crippen LogP contribution in [0.2, 0.25) is 0 Å². The van der Waals surface area contributed by atoms with Crippen LogP contribution in [-0.4, -0.2) is 6.54 Å². The predicted molar refractivity (Wildman–Crippen MR) is 60.1 cm³/mol. The van der Waals surface area contributed by atoms with Crippen LogP contribution in [0.25, 0.3) is 0 Å². The second-order valence-corrected chi connectivity index (χ2v) is 4.40. The molecule has 1 nitrogen and oxygen atoms in total. The van der Waals surface area contributed by atoms with Crippen molar-refractivity contribution in [2.45, 2.75) is 32.2 Å². The van der Waals surface area contributed by atoms with Crippen molar-refractivity contribution >= 4 is 0 Å². The van der Waals surface area contributed by atoms with Crippen molar-refractivity contribution < 1.29 is 8.78 Å². The Bertz CT molecular complexity index is 361. The molecule has 1 aliphatic carbocycles. The molecule has 1 aromatic rings. The van der Waals surface area contributed by atoms with Gasteiger partial charge in [-0.05, 0) is 43.0 Å². The summed E-state index contributed by atoms with van der Waals surface area (Å²) in [4.78, 5) is 0. The number of benzene rings is 1. The van der Waals surface area contributed by atoms with Gasteiger partial charge in [-0.3, -0.25) is 0 Å². The molecule has 0 aromatic heterocycles. The smallest absolute Gasteiger partial charge is 0.159 e. The molecule has 1 saturated carbocycles. The molecular weight excluding hydrogens is 208 g/mol. The van der Waals surface area contributed by atoms with Gasteiger partial charge in [-0.1, -0.05) is 19.4 Å². The average Bonchev–Trinajstić information content (AvgIpc) is 2.19. The number of hydrogen-bond acceptors (Lipinski definition) is 1. The van der Waals surface area contributed by atoms with E-state index in [1.807, 2.05) is 6.92 Å². The van der Waals surface area contributed by atoms with Crippen LogP contribution in [0, 0.1) is 17.6 Å². The molecule has 3 heteroatoms. The molecule has 1 fully saturated rings. The third-order valence-corrected chi connectivity index (χ3v) is 3.35. The molecule has 1 atom stereocenters. The van der Waals surface area contributed by atoms with E-state index in [-0.39, 0.29) is 6.04 Å². The van der Waals surface area contributed by atoms with Gasteiger partial charge in [-0.25, -0.2) is 8.78 Å². The van der Waals surface area contributed by atoms with Gasteiger partial charge in [0, 0.05) is 6.04 Å². The highest BCUT2D eigenvalue weighted by molar-refractivity contribution is 5.22. The number of nitrogens with one attached hydrogen (secondary N) is 1. The third-order valence-electron chi connectivity index (χ3n) is 3.35. The van der Waals surface area contributed by atoms with Crippen LogP contribution in [0.3, 0.4) is 0 Å². The predicted octanol–water partition coefficient (Wildman–Crippen LogP) is 3.42. The molecule has 1 aromatic carbocycles. The molecule has 1 aliphatic rings. The Labute approximate surface area is 94.9 Å². The lowest BCUT2D eigenvalue weighted by atomic mass is 9.77. The molecule has 0 bridgehead atoms. The minimum absolute atomic E-state index is 0.175. The zero-order valence-corrected chi connectivity index (χ0v) is 9.47. The van der Waals surface area contributed by atoms with Crippen molar-refractivity contribution in [3.8, 4) is 0 Å². The van der Waals surface area contributed by atoms with Crippen LogP contribution >= 0.6 is 0 Å². The zero-order valence-electron chi connectivity index (χ0n) is 9.47. The first-order chi connectivity index (χ1) is 7.72. The van der Waals surface area contributed by atoms with Gasteiger partial charge in [0.2, 0.25) is 0 Å². The first-order valence-corrected chi connectivity index (χ1v) is 5.90. The summed E-state index contributed by atoms with van der Waals surface area (Å²) in [5.74, 6) is -0.947. The van der Waals surface area contributed by atoms with Gasteiger partial charge in [0.15, 0.2) is 11.6 Å². The maximum Gasteiger partial charge on any atom is 0.159 e. The van der Waals surface area contributed by atoms with Crippen molar-refractivity contribution in [1.29, 1.82) is 0 Å². The van der Waals surface area contributed by atoms with Crippen molar-refractivity contribution in [1.82, 2.24) is 5.32 Å². The monoisotopic (exact) mass is 225 g/mol. The Morgan fingerprint density at radius 3 is 2.56 bits per heavy atom. The molecule has 0 amide bonds. The summed E-state index contributed by atoms with van der Waals surface area (Å²) in [5, 5.41) is 3.36. The van der Waals surface area contributed by atoms with Gasteiger partial charge in [0.25, 0.3) is 0 Å². The summed E-state index contributed by atoms with van der Waals surface area (Å²) in [6.45, 7) is 2.88. The van der Waals surface area contributed by atoms with Gasteiger partial charge in [0.1, 0.15) is 0 Å². The van der Waals surface area contributed by atoms with Crippen LogP contribution in [0.5, 0.6) is 0 Å². The maximum atomic E-state index is 13.2. The quantitative estimate of drug-likeness (QED) is 0.828. The topological polar surface area (TPSA) is 12.0 Å². The fourth-order valence-electron chi connectivity index (χ4n) is 2.26. The Kier molecular flexibility index (Phi) is 3.54. The first kappa shape index (κ1) is 11.5. The van der Waals surface area contributed by atoms with Crippen LogP contribution in [-0.2, 0) is 0 Å². The maximum absolute atomic E-state index is 13.2. The summed E-state index contributed by atoms with van der Waals surface area (Å²) >= 11 is 0. The second kappa shape index (κ2) is 4.91. The lowest BCUT2D eigenvalue weighted by Crippen LogP contribution is -2.32. The van der Waals surface area contributed by atoms with E-state index in [1.165, 1.54) is 31.4 Å². The minimum Gasteiger partial charge on any atom is -0.310 e. The van der Waals surface area contributed by atoms with Crippen molar-refractivity contribution in [3.05, 3.63) is 35.4 Å². The minimum atomic E-state index is -0.771. The van der Waals surface area contributed by atoms with Gasteiger partial charge < -0.3 is 5.32 Å². The summed E-state index contributed by atoms with van der Waals surface area (Å²) in [7, 11) is 0. The lowest BCUT2D eigenvalue weighted by Gasteiger charge is -2.34. The van der Waals surface area contributed by atoms with E-state index in [0.717, 1.165) is 12.1 Å². The van der Waals surface area contributed by atoms with E-state index in [2.05, 4.69) is 5.32 Å². The van der Waals surface area contributed by atoms with E-state index in [9.17, 15) is 8.78 Å². The number of halogens is 2. The van der Waals surface area contributed by atoms with Crippen molar-refractivity contribution in [2.75, 3.05) is 6.54 Å². The highest BCUT2D eigenvalue weighted by atomic mass is 19.2. The van der Waals surface area contributed by atoms with E-state index in [1.54, 1.807) is 6.07 Å². The fraction of sp³-hybridized carbons (Fsp3) is 0.538. The number of rotatable bonds is 4. The molecule has 16 heavy (non-hydrogen) atoms. The van der Waals surface area contributed by atoms with Crippen molar-refractivity contribution in [3.63, 3.8) is 0 Å². The molecule has 1 N–H and O–H groups in total. The molecule has 88 valence electrons. The Balaban J connectivity index is 2.20. The molecule has 0 radical (unpaired) electrons. The second-order valence-electron chi connectivity index (χ2n) is 4.40. The largest absolute Gasteiger partial charge is 0.310 e. The highest BCUT2D eigenvalue weighted by Crippen LogP contribution is 2.37. The van der Waals surface area contributed by atoms with Gasteiger partial charge in [0.05, 0.1) is 0 Å². The van der Waals surface area contributed by atoms with Gasteiger partial charge in [-0.2, -0.15) is 0 Å². The molecule has 0 spiro atoms. The molecule has 1 unspecified atom stereocenters. The Morgan fingerprint density at radius 1 is 1.31 bits per heavy atom. The summed E-state index contributed by atoms with van der Waals surface area (Å²) < 4.78 is 26.0. The highest BCUT2D eigenvalue weighted by Gasteiger charge is 2.28. The Morgan fingerprint density at radius 2 is 2.06 bits per heavy atom. The lowest BCUT2D eigenvalue weighted by molar-refractivity contribution is 0.232. The summed E-state index contributed by atoms with van der Waals surface area (Å²) in [6.07, 6.45) is 3.60. The van der Waals surface area contributed by atoms with Crippen molar-refractivity contribution in [2.24, 2.45) is 5.92 Å². The summed E-state index contributed by atoms with van der Waals surface area (Å²) in [6, 6.07) is 4.40. The van der Waals surface area contributed by atoms with E-state index in [4.69, 9.17) is 0 Å². The van der Waals surface area contributed by atoms with Gasteiger partial charge in [-0.15, -0.1) is 0 Å². The molecular formula is C13H17F2N. The molecule has 2 rings (SSSR count). The standard InChI is InChI=1S/C13H17F2N/c1-2-16-13(9-4-3-5-9)10-6-7-11(14)12(15)8-10/h6-9,13,16H,2-5H2,1H3. The molecule has 0 heterocycles. The zero-order chi connectivity index (χ0) is 11.5. The summed E-state index contributed by atoms with van der Waals surface area (Å²) in [5.41, 5.74) is 0.866. The molecule has 0 saturated heterocycles. The van der Waals surface area contributed by atoms with Crippen LogP contribution < -0.4 is 5.32 Å². The van der Waals surface area contributed by atoms with E-state index < -0.39 is 11.6 Å². The van der Waals surface area contributed by atoms with Crippen LogP contribution in [0.4, 0.5) is 8.78 Å². The van der Waals surface area contributed by atoms with Crippen LogP contribution in [0.15, 0.2) is 18.2 Å². The molecule has 0 aliphatic heterocycles. The first-order valence-electron chi connectivity index (χ1n) is 5.90. The van der Waals surface area contributed by atoms with E-state index in [0.29, 0.717) is 5.92 Å². The normalized spacial score (nSPS) is 18.2. The fourth-order valence-corrected chi connectivity index (χ4v) is 2.26. The SMILES string of the molecule is CCNC(c1ccc(F)c(F)c1)C1CCC1. The average molecular weight is 225 g/mol. The van der Waals surface area contributed by atoms with E-state index >= 15 is 0 Å². The van der Waals surface area contributed by atoms with Crippen LogP contribution in [0.1, 0.15) is 37.8 Å². The number of hydrogen-bond donors (Lipinski definition) is 1. The Hall–Kier alpha value is -0.960. The third kappa shape index (κ3) is 2.24.